The molecule has 1 aromatic rings. The number of hydrogen-bond acceptors (Lipinski definition) is 4. The Morgan fingerprint density at radius 3 is 2.58 bits per heavy atom. The molecule has 1 amide bonds. The van der Waals surface area contributed by atoms with Gasteiger partial charge in [-0.05, 0) is 70.2 Å². The molecule has 7 heteroatoms. The highest BCUT2D eigenvalue weighted by Gasteiger charge is 2.22. The zero-order valence-corrected chi connectivity index (χ0v) is 16.3. The van der Waals surface area contributed by atoms with E-state index in [1.165, 1.54) is 30.5 Å². The second-order valence-electron chi connectivity index (χ2n) is 6.40. The number of amides is 1. The average molecular weight is 381 g/mol. The van der Waals surface area contributed by atoms with E-state index in [2.05, 4.69) is 16.1 Å². The molecule has 0 saturated carbocycles. The van der Waals surface area contributed by atoms with Crippen LogP contribution in [0.2, 0.25) is 0 Å². The lowest BCUT2D eigenvalue weighted by Gasteiger charge is -2.16. The summed E-state index contributed by atoms with van der Waals surface area (Å²) in [5.41, 5.74) is 1.37. The quantitative estimate of drug-likeness (QED) is 0.645. The molecule has 0 spiro atoms. The van der Waals surface area contributed by atoms with Gasteiger partial charge in [-0.3, -0.25) is 4.79 Å². The van der Waals surface area contributed by atoms with E-state index in [0.717, 1.165) is 19.3 Å². The van der Waals surface area contributed by atoms with Gasteiger partial charge in [-0.1, -0.05) is 11.6 Å². The summed E-state index contributed by atoms with van der Waals surface area (Å²) in [4.78, 5) is 12.3. The van der Waals surface area contributed by atoms with Crippen molar-refractivity contribution in [2.45, 2.75) is 56.9 Å². The fraction of sp³-hybridized carbons (Fsp3) is 0.526. The molecule has 1 aromatic carbocycles. The van der Waals surface area contributed by atoms with Gasteiger partial charge >= 0.3 is 0 Å². The molecule has 1 atom stereocenters. The maximum absolute atomic E-state index is 12.4. The van der Waals surface area contributed by atoms with Crippen molar-refractivity contribution in [3.05, 3.63) is 35.9 Å². The van der Waals surface area contributed by atoms with Gasteiger partial charge in [-0.2, -0.15) is 4.72 Å². The first-order valence-corrected chi connectivity index (χ1v) is 10.6. The summed E-state index contributed by atoms with van der Waals surface area (Å²) >= 11 is 0. The largest absolute Gasteiger partial charge is 0.494 e. The van der Waals surface area contributed by atoms with Gasteiger partial charge in [0.25, 0.3) is 0 Å². The Morgan fingerprint density at radius 1 is 1.23 bits per heavy atom. The van der Waals surface area contributed by atoms with E-state index >= 15 is 0 Å². The fourth-order valence-corrected chi connectivity index (χ4v) is 4.07. The van der Waals surface area contributed by atoms with E-state index in [4.69, 9.17) is 4.74 Å². The van der Waals surface area contributed by atoms with Crippen molar-refractivity contribution in [2.75, 3.05) is 13.2 Å². The molecule has 2 rings (SSSR count). The predicted molar refractivity (Wildman–Crippen MR) is 102 cm³/mol. The summed E-state index contributed by atoms with van der Waals surface area (Å²) in [5, 5.41) is 2.80. The Morgan fingerprint density at radius 2 is 1.96 bits per heavy atom. The van der Waals surface area contributed by atoms with Gasteiger partial charge in [0.1, 0.15) is 5.75 Å². The van der Waals surface area contributed by atoms with Crippen LogP contribution in [-0.2, 0) is 14.8 Å². The highest BCUT2D eigenvalue weighted by atomic mass is 32.2. The van der Waals surface area contributed by atoms with Gasteiger partial charge in [-0.25, -0.2) is 8.42 Å². The van der Waals surface area contributed by atoms with E-state index in [-0.39, 0.29) is 10.8 Å². The van der Waals surface area contributed by atoms with Crippen LogP contribution >= 0.6 is 0 Å². The lowest BCUT2D eigenvalue weighted by molar-refractivity contribution is -0.122. The van der Waals surface area contributed by atoms with Crippen LogP contribution in [0, 0.1) is 0 Å². The van der Waals surface area contributed by atoms with Crippen molar-refractivity contribution < 1.29 is 17.9 Å². The van der Waals surface area contributed by atoms with Crippen molar-refractivity contribution in [2.24, 2.45) is 0 Å². The molecular weight excluding hydrogens is 352 g/mol. The van der Waals surface area contributed by atoms with E-state index in [0.29, 0.717) is 18.9 Å². The number of sulfonamides is 1. The number of carbonyl (C=O) groups is 1. The third kappa shape index (κ3) is 6.14. The van der Waals surface area contributed by atoms with Crippen LogP contribution in [0.4, 0.5) is 0 Å². The summed E-state index contributed by atoms with van der Waals surface area (Å²) in [5.74, 6) is 0.283. The molecule has 2 N–H and O–H groups in total. The number of benzene rings is 1. The molecule has 6 nitrogen and oxygen atoms in total. The lowest BCUT2D eigenvalue weighted by Crippen LogP contribution is -2.45. The minimum Gasteiger partial charge on any atom is -0.494 e. The van der Waals surface area contributed by atoms with Crippen molar-refractivity contribution in [3.8, 4) is 5.75 Å². The summed E-state index contributed by atoms with van der Waals surface area (Å²) in [6.07, 6.45) is 7.72. The molecule has 0 aromatic heterocycles. The summed E-state index contributed by atoms with van der Waals surface area (Å²) in [7, 11) is -3.76. The second-order valence-corrected chi connectivity index (χ2v) is 8.11. The minimum atomic E-state index is -3.76. The number of nitrogens with one attached hydrogen (secondary N) is 2. The van der Waals surface area contributed by atoms with E-state index in [9.17, 15) is 13.2 Å². The molecule has 26 heavy (non-hydrogen) atoms. The first kappa shape index (κ1) is 20.5. The molecule has 0 heterocycles. The Labute approximate surface area is 156 Å². The van der Waals surface area contributed by atoms with Gasteiger partial charge in [0.15, 0.2) is 0 Å². The Bertz CT molecular complexity index is 726. The van der Waals surface area contributed by atoms with E-state index in [1.54, 1.807) is 19.1 Å². The maximum atomic E-state index is 12.4. The number of ether oxygens (including phenoxy) is 1. The highest BCUT2D eigenvalue weighted by Crippen LogP contribution is 2.19. The van der Waals surface area contributed by atoms with Gasteiger partial charge in [0.05, 0.1) is 17.5 Å². The molecule has 1 aliphatic carbocycles. The molecule has 0 unspecified atom stereocenters. The van der Waals surface area contributed by atoms with Crippen LogP contribution in [0.25, 0.3) is 0 Å². The Balaban J connectivity index is 1.84. The summed E-state index contributed by atoms with van der Waals surface area (Å²) in [6, 6.07) is 5.29. The van der Waals surface area contributed by atoms with Crippen molar-refractivity contribution in [1.82, 2.24) is 10.0 Å². The van der Waals surface area contributed by atoms with Crippen molar-refractivity contribution >= 4 is 15.9 Å². The minimum absolute atomic E-state index is 0.105. The fourth-order valence-electron chi connectivity index (χ4n) is 2.87. The third-order valence-corrected chi connectivity index (χ3v) is 5.86. The van der Waals surface area contributed by atoms with Crippen LogP contribution in [0.1, 0.15) is 46.0 Å². The standard InChI is InChI=1S/C19H28N2O4S/c1-3-25-17-9-11-18(12-10-17)26(23,24)21-15(2)19(22)20-14-13-16-7-5-4-6-8-16/h7,9-12,15,21H,3-6,8,13-14H2,1-2H3,(H,20,22)/t15-/m0/s1. The van der Waals surface area contributed by atoms with Crippen LogP contribution in [0.5, 0.6) is 5.75 Å². The topological polar surface area (TPSA) is 84.5 Å². The lowest BCUT2D eigenvalue weighted by atomic mass is 9.97. The van der Waals surface area contributed by atoms with Gasteiger partial charge in [0, 0.05) is 6.54 Å². The van der Waals surface area contributed by atoms with Crippen LogP contribution < -0.4 is 14.8 Å². The molecule has 144 valence electrons. The molecule has 0 radical (unpaired) electrons. The Kier molecular flexibility index (Phi) is 7.66. The van der Waals surface area contributed by atoms with E-state index in [1.807, 2.05) is 6.92 Å². The maximum Gasteiger partial charge on any atom is 0.241 e. The molecule has 0 fully saturated rings. The predicted octanol–water partition coefficient (Wildman–Crippen LogP) is 2.76. The Hall–Kier alpha value is -1.86. The van der Waals surface area contributed by atoms with Crippen LogP contribution in [0.3, 0.4) is 0 Å². The van der Waals surface area contributed by atoms with Crippen molar-refractivity contribution in [1.29, 1.82) is 0 Å². The molecule has 0 aliphatic heterocycles. The SMILES string of the molecule is CCOc1ccc(S(=O)(=O)N[C@@H](C)C(=O)NCCC2=CCCCC2)cc1. The smallest absolute Gasteiger partial charge is 0.241 e. The van der Waals surface area contributed by atoms with Gasteiger partial charge in [0.2, 0.25) is 15.9 Å². The number of carbonyl (C=O) groups excluding carboxylic acids is 1. The van der Waals surface area contributed by atoms with Crippen molar-refractivity contribution in [3.63, 3.8) is 0 Å². The highest BCUT2D eigenvalue weighted by molar-refractivity contribution is 7.89. The number of hydrogen-bond donors (Lipinski definition) is 2. The van der Waals surface area contributed by atoms with Gasteiger partial charge < -0.3 is 10.1 Å². The second kappa shape index (κ2) is 9.73. The average Bonchev–Trinajstić information content (AvgIpc) is 2.63. The third-order valence-electron chi connectivity index (χ3n) is 4.30. The number of allylic oxidation sites excluding steroid dienone is 1. The zero-order valence-electron chi connectivity index (χ0n) is 15.5. The number of rotatable bonds is 9. The zero-order chi connectivity index (χ0) is 19.0. The normalized spacial score (nSPS) is 15.8. The van der Waals surface area contributed by atoms with Gasteiger partial charge in [-0.15, -0.1) is 0 Å². The molecular formula is C19H28N2O4S. The van der Waals surface area contributed by atoms with E-state index < -0.39 is 16.1 Å². The molecule has 1 aliphatic rings. The first-order chi connectivity index (χ1) is 12.4. The monoisotopic (exact) mass is 380 g/mol. The molecule has 0 bridgehead atoms. The van der Waals surface area contributed by atoms with Crippen LogP contribution in [-0.4, -0.2) is 33.5 Å². The summed E-state index contributed by atoms with van der Waals surface area (Å²) < 4.78 is 32.5. The first-order valence-electron chi connectivity index (χ1n) is 9.13. The summed E-state index contributed by atoms with van der Waals surface area (Å²) in [6.45, 7) is 4.44. The van der Waals surface area contributed by atoms with Crippen LogP contribution in [0.15, 0.2) is 40.8 Å². The molecule has 0 saturated heterocycles.